The maximum atomic E-state index is 12.5. The number of aliphatic carboxylic acids is 1. The van der Waals surface area contributed by atoms with Crippen LogP contribution in [-0.4, -0.2) is 39.0 Å². The highest BCUT2D eigenvalue weighted by molar-refractivity contribution is 8.00. The number of benzene rings is 1. The second-order valence-electron chi connectivity index (χ2n) is 5.62. The van der Waals surface area contributed by atoms with Crippen LogP contribution in [0.4, 0.5) is 0 Å². The number of carboxylic acids is 1. The zero-order valence-electron chi connectivity index (χ0n) is 12.6. The highest BCUT2D eigenvalue weighted by atomic mass is 32.2. The third kappa shape index (κ3) is 2.41. The van der Waals surface area contributed by atoms with Gasteiger partial charge in [-0.15, -0.1) is 11.8 Å². The largest absolute Gasteiger partial charge is 0.477 e. The van der Waals surface area contributed by atoms with Crippen LogP contribution in [-0.2, 0) is 14.4 Å². The quantitative estimate of drug-likeness (QED) is 0.643. The summed E-state index contributed by atoms with van der Waals surface area (Å²) >= 11 is 1.39. The Bertz CT molecular complexity index is 713. The van der Waals surface area contributed by atoms with Crippen LogP contribution < -0.4 is 5.32 Å². The van der Waals surface area contributed by atoms with E-state index in [1.54, 1.807) is 6.92 Å². The fourth-order valence-electron chi connectivity index (χ4n) is 2.98. The fourth-order valence-corrected chi connectivity index (χ4v) is 4.47. The van der Waals surface area contributed by atoms with E-state index in [0.29, 0.717) is 12.0 Å². The van der Waals surface area contributed by atoms with E-state index in [9.17, 15) is 19.5 Å². The first-order chi connectivity index (χ1) is 11.0. The SMILES string of the molecule is CC1=C(C(=O)O)N2C(=O)C(c3ccc(C)cc3)[C@H]2SC1NC=O. The molecule has 23 heavy (non-hydrogen) atoms. The zero-order valence-corrected chi connectivity index (χ0v) is 13.5. The molecule has 2 N–H and O–H groups in total. The first-order valence-electron chi connectivity index (χ1n) is 7.14. The van der Waals surface area contributed by atoms with Crippen molar-refractivity contribution in [3.63, 3.8) is 0 Å². The first-order valence-corrected chi connectivity index (χ1v) is 8.09. The maximum Gasteiger partial charge on any atom is 0.352 e. The van der Waals surface area contributed by atoms with Gasteiger partial charge >= 0.3 is 5.97 Å². The van der Waals surface area contributed by atoms with Crippen LogP contribution in [0.15, 0.2) is 35.5 Å². The predicted molar refractivity (Wildman–Crippen MR) is 85.5 cm³/mol. The molecule has 1 saturated heterocycles. The number of aryl methyl sites for hydroxylation is 1. The second kappa shape index (κ2) is 5.73. The standard InChI is InChI=1S/C16H16N2O4S/c1-8-3-5-10(6-4-8)11-14(20)18-12(16(21)22)9(2)13(17-7-19)23-15(11)18/h3-7,11,13,15H,1-2H3,(H,17,19)(H,21,22)/t11?,13?,15-/m1/s1. The molecule has 6 nitrogen and oxygen atoms in total. The van der Waals surface area contributed by atoms with Crippen molar-refractivity contribution in [2.24, 2.45) is 0 Å². The second-order valence-corrected chi connectivity index (χ2v) is 6.85. The van der Waals surface area contributed by atoms with Crippen molar-refractivity contribution in [3.05, 3.63) is 46.7 Å². The molecule has 1 aromatic rings. The topological polar surface area (TPSA) is 86.7 Å². The predicted octanol–water partition coefficient (Wildman–Crippen LogP) is 1.42. The Kier molecular flexibility index (Phi) is 3.89. The number of carboxylic acid groups (broad SMARTS) is 1. The number of carbonyl (C=O) groups excluding carboxylic acids is 2. The van der Waals surface area contributed by atoms with Crippen LogP contribution in [0, 0.1) is 6.92 Å². The van der Waals surface area contributed by atoms with E-state index in [1.165, 1.54) is 16.7 Å². The molecular weight excluding hydrogens is 316 g/mol. The lowest BCUT2D eigenvalue weighted by atomic mass is 9.88. The number of nitrogens with one attached hydrogen (secondary N) is 1. The Morgan fingerprint density at radius 2 is 1.96 bits per heavy atom. The van der Waals surface area contributed by atoms with Crippen molar-refractivity contribution >= 4 is 30.0 Å². The number of fused-ring (bicyclic) bond motifs is 1. The van der Waals surface area contributed by atoms with Crippen LogP contribution in [0.3, 0.4) is 0 Å². The molecule has 2 heterocycles. The Morgan fingerprint density at radius 1 is 1.30 bits per heavy atom. The molecule has 2 unspecified atom stereocenters. The molecule has 0 aromatic heterocycles. The molecule has 1 aromatic carbocycles. The van der Waals surface area contributed by atoms with E-state index in [-0.39, 0.29) is 22.9 Å². The molecule has 2 amide bonds. The van der Waals surface area contributed by atoms with Gasteiger partial charge in [0.1, 0.15) is 16.4 Å². The van der Waals surface area contributed by atoms with Crippen LogP contribution >= 0.6 is 11.8 Å². The number of rotatable bonds is 4. The number of carbonyl (C=O) groups is 3. The van der Waals surface area contributed by atoms with Gasteiger partial charge in [-0.25, -0.2) is 4.79 Å². The molecule has 2 aliphatic rings. The smallest absolute Gasteiger partial charge is 0.352 e. The highest BCUT2D eigenvalue weighted by Gasteiger charge is 2.55. The van der Waals surface area contributed by atoms with Gasteiger partial charge in [0.15, 0.2) is 0 Å². The fraction of sp³-hybridized carbons (Fsp3) is 0.312. The summed E-state index contributed by atoms with van der Waals surface area (Å²) in [4.78, 5) is 36.2. The monoisotopic (exact) mass is 332 g/mol. The van der Waals surface area contributed by atoms with Crippen LogP contribution in [0.1, 0.15) is 24.0 Å². The molecule has 1 fully saturated rings. The van der Waals surface area contributed by atoms with Crippen LogP contribution in [0.25, 0.3) is 0 Å². The van der Waals surface area contributed by atoms with Crippen LogP contribution in [0.5, 0.6) is 0 Å². The lowest BCUT2D eigenvalue weighted by Crippen LogP contribution is -2.61. The summed E-state index contributed by atoms with van der Waals surface area (Å²) in [7, 11) is 0. The highest BCUT2D eigenvalue weighted by Crippen LogP contribution is 2.50. The number of amides is 2. The van der Waals surface area contributed by atoms with E-state index < -0.39 is 11.3 Å². The van der Waals surface area contributed by atoms with Crippen molar-refractivity contribution in [1.82, 2.24) is 10.2 Å². The summed E-state index contributed by atoms with van der Waals surface area (Å²) in [5.41, 5.74) is 2.41. The van der Waals surface area contributed by atoms with Gasteiger partial charge in [-0.3, -0.25) is 14.5 Å². The maximum absolute atomic E-state index is 12.5. The zero-order chi connectivity index (χ0) is 16.7. The van der Waals surface area contributed by atoms with E-state index in [1.807, 2.05) is 31.2 Å². The number of hydrogen-bond donors (Lipinski definition) is 2. The molecule has 0 radical (unpaired) electrons. The molecule has 0 spiro atoms. The Hall–Kier alpha value is -2.28. The van der Waals surface area contributed by atoms with E-state index in [0.717, 1.165) is 11.1 Å². The minimum atomic E-state index is -1.15. The van der Waals surface area contributed by atoms with Gasteiger partial charge < -0.3 is 10.4 Å². The Labute approximate surface area is 137 Å². The van der Waals surface area contributed by atoms with Crippen molar-refractivity contribution in [2.45, 2.75) is 30.5 Å². The number of nitrogens with zero attached hydrogens (tertiary/aromatic N) is 1. The number of hydrogen-bond acceptors (Lipinski definition) is 4. The van der Waals surface area contributed by atoms with Gasteiger partial charge in [0, 0.05) is 0 Å². The van der Waals surface area contributed by atoms with E-state index in [2.05, 4.69) is 5.32 Å². The molecule has 0 bridgehead atoms. The summed E-state index contributed by atoms with van der Waals surface area (Å²) in [6, 6.07) is 7.64. The van der Waals surface area contributed by atoms with Crippen LogP contribution in [0.2, 0.25) is 0 Å². The lowest BCUT2D eigenvalue weighted by molar-refractivity contribution is -0.148. The van der Waals surface area contributed by atoms with Gasteiger partial charge in [0.25, 0.3) is 0 Å². The van der Waals surface area contributed by atoms with Gasteiger partial charge in [0.2, 0.25) is 12.3 Å². The molecule has 3 rings (SSSR count). The average Bonchev–Trinajstić information content (AvgIpc) is 2.51. The molecule has 2 aliphatic heterocycles. The summed E-state index contributed by atoms with van der Waals surface area (Å²) < 4.78 is 0. The number of thioether (sulfide) groups is 1. The number of β-lactam (4-membered cyclic amide) rings is 1. The van der Waals surface area contributed by atoms with Crippen molar-refractivity contribution in [2.75, 3.05) is 0 Å². The van der Waals surface area contributed by atoms with Gasteiger partial charge in [-0.05, 0) is 25.0 Å². The average molecular weight is 332 g/mol. The molecule has 0 saturated carbocycles. The molecule has 7 heteroatoms. The van der Waals surface area contributed by atoms with E-state index in [4.69, 9.17) is 0 Å². The molecule has 3 atom stereocenters. The van der Waals surface area contributed by atoms with Crippen molar-refractivity contribution in [1.29, 1.82) is 0 Å². The Morgan fingerprint density at radius 3 is 2.52 bits per heavy atom. The van der Waals surface area contributed by atoms with Crippen molar-refractivity contribution in [3.8, 4) is 0 Å². The van der Waals surface area contributed by atoms with E-state index >= 15 is 0 Å². The minimum absolute atomic E-state index is 0.0264. The minimum Gasteiger partial charge on any atom is -0.477 e. The normalized spacial score (nSPS) is 26.4. The molecule has 120 valence electrons. The summed E-state index contributed by atoms with van der Waals surface area (Å²) in [5, 5.41) is 11.3. The van der Waals surface area contributed by atoms with Gasteiger partial charge in [-0.2, -0.15) is 0 Å². The third-order valence-corrected chi connectivity index (χ3v) is 5.71. The Balaban J connectivity index is 1.98. The summed E-state index contributed by atoms with van der Waals surface area (Å²) in [6.07, 6.45) is 0.553. The van der Waals surface area contributed by atoms with Crippen molar-refractivity contribution < 1.29 is 19.5 Å². The molecular formula is C16H16N2O4S. The molecule has 0 aliphatic carbocycles. The van der Waals surface area contributed by atoms with Gasteiger partial charge in [0.05, 0.1) is 5.92 Å². The van der Waals surface area contributed by atoms with Gasteiger partial charge in [-0.1, -0.05) is 29.8 Å². The third-order valence-electron chi connectivity index (χ3n) is 4.18. The summed E-state index contributed by atoms with van der Waals surface area (Å²) in [6.45, 7) is 3.59. The first kappa shape index (κ1) is 15.6. The lowest BCUT2D eigenvalue weighted by Gasteiger charge is -2.51. The summed E-state index contributed by atoms with van der Waals surface area (Å²) in [5.74, 6) is -1.76.